The van der Waals surface area contributed by atoms with Gasteiger partial charge in [0.15, 0.2) is 0 Å². The van der Waals surface area contributed by atoms with Crippen LogP contribution in [0.2, 0.25) is 0 Å². The van der Waals surface area contributed by atoms with Crippen molar-refractivity contribution in [2.24, 2.45) is 0 Å². The van der Waals surface area contributed by atoms with E-state index >= 15 is 0 Å². The number of pyridine rings is 1. The zero-order valence-corrected chi connectivity index (χ0v) is 26.4. The number of rotatable bonds is 7. The summed E-state index contributed by atoms with van der Waals surface area (Å²) in [4.78, 5) is 4.67. The van der Waals surface area contributed by atoms with Gasteiger partial charge in [0, 0.05) is 17.1 Å². The molecule has 2 aromatic heterocycles. The molecule has 0 unspecified atom stereocenters. The van der Waals surface area contributed by atoms with E-state index in [2.05, 4.69) is 11.3 Å². The Morgan fingerprint density at radius 1 is 0.580 bits per heavy atom. The zero-order chi connectivity index (χ0) is 42.0. The fourth-order valence-corrected chi connectivity index (χ4v) is 6.16. The molecule has 0 fully saturated rings. The molecule has 0 bridgehead atoms. The van der Waals surface area contributed by atoms with Crippen LogP contribution in [0.5, 0.6) is 11.5 Å². The Kier molecular flexibility index (Phi) is 5.21. The van der Waals surface area contributed by atoms with Crippen molar-refractivity contribution in [2.45, 2.75) is 0 Å². The summed E-state index contributed by atoms with van der Waals surface area (Å²) in [5.74, 6) is 1.11. The first-order chi connectivity index (χ1) is 28.9. The van der Waals surface area contributed by atoms with Crippen LogP contribution in [-0.2, 0) is 0 Å². The summed E-state index contributed by atoms with van der Waals surface area (Å²) in [6.07, 6.45) is 5.25. The minimum Gasteiger partial charge on any atom is -0.458 e. The van der Waals surface area contributed by atoms with Crippen molar-refractivity contribution < 1.29 is 23.0 Å². The van der Waals surface area contributed by atoms with E-state index in [4.69, 9.17) is 18.4 Å². The van der Waals surface area contributed by atoms with Gasteiger partial charge in [0.2, 0.25) is 0 Å². The number of hydrogen-bond acceptors (Lipinski definition) is 2. The third-order valence-corrected chi connectivity index (χ3v) is 8.43. The fourth-order valence-electron chi connectivity index (χ4n) is 6.16. The maximum Gasteiger partial charge on any atom is 0.269 e. The SMILES string of the molecule is [2H]c1c([2H])c([2H])c(-c2cccc(-c3c([2H])c([2H])c([2H])c([2H])c3[2H])c2-[n+]2[c-]n(-c3cccc(Oc4cccc(-c5cc6ccccc6cn5)c4)c3)c3ccccc32)c([2H])c1[2H]. The highest BCUT2D eigenvalue weighted by atomic mass is 16.5. The Balaban J connectivity index is 1.22. The molecule has 0 amide bonds. The highest BCUT2D eigenvalue weighted by Crippen LogP contribution is 2.35. The zero-order valence-electron chi connectivity index (χ0n) is 36.4. The topological polar surface area (TPSA) is 30.9 Å². The molecule has 236 valence electrons. The van der Waals surface area contributed by atoms with Crippen LogP contribution < -0.4 is 9.30 Å². The largest absolute Gasteiger partial charge is 0.458 e. The average Bonchev–Trinajstić information content (AvgIpc) is 3.66. The van der Waals surface area contributed by atoms with Gasteiger partial charge >= 0.3 is 0 Å². The third-order valence-electron chi connectivity index (χ3n) is 8.43. The Labute approximate surface area is 304 Å². The molecule has 0 N–H and O–H groups in total. The van der Waals surface area contributed by atoms with Crippen LogP contribution in [0.25, 0.3) is 66.7 Å². The van der Waals surface area contributed by atoms with Crippen LogP contribution in [0.4, 0.5) is 0 Å². The fraction of sp³-hybridized carbons (Fsp3) is 0. The lowest BCUT2D eigenvalue weighted by Gasteiger charge is -2.17. The first kappa shape index (κ1) is 20.6. The van der Waals surface area contributed by atoms with Gasteiger partial charge in [-0.1, -0.05) is 145 Å². The molecule has 0 aliphatic carbocycles. The van der Waals surface area contributed by atoms with Crippen molar-refractivity contribution in [3.63, 3.8) is 0 Å². The van der Waals surface area contributed by atoms with Crippen molar-refractivity contribution in [3.05, 3.63) is 194 Å². The molecule has 50 heavy (non-hydrogen) atoms. The molecule has 9 rings (SSSR count). The lowest BCUT2D eigenvalue weighted by atomic mass is 9.95. The monoisotopic (exact) mass is 651 g/mol. The van der Waals surface area contributed by atoms with Gasteiger partial charge in [-0.25, -0.2) is 0 Å². The standard InChI is InChI=1S/C46H31N3O/c1-3-14-33(15-4-1)41-24-13-25-42(34-16-5-2-6-17-34)46(41)49-32-48(44-26-9-10-27-45(44)49)38-21-12-23-40(30-38)50-39-22-11-20-36(28-39)43-29-35-18-7-8-19-37(35)31-47-43/h1-31H/i1D,2D,3D,4D,5D,6D,14D,15D,16D,17D. The maximum absolute atomic E-state index is 8.93. The van der Waals surface area contributed by atoms with Crippen molar-refractivity contribution in [2.75, 3.05) is 0 Å². The second kappa shape index (κ2) is 12.7. The first-order valence-corrected chi connectivity index (χ1v) is 15.9. The van der Waals surface area contributed by atoms with Crippen LogP contribution in [0, 0.1) is 6.33 Å². The molecule has 9 aromatic rings. The number of imidazole rings is 1. The van der Waals surface area contributed by atoms with Crippen molar-refractivity contribution in [1.29, 1.82) is 0 Å². The van der Waals surface area contributed by atoms with Crippen LogP contribution in [0.3, 0.4) is 0 Å². The second-order valence-corrected chi connectivity index (χ2v) is 11.5. The molecule has 2 heterocycles. The van der Waals surface area contributed by atoms with E-state index in [1.807, 2.05) is 109 Å². The van der Waals surface area contributed by atoms with Gasteiger partial charge in [-0.2, -0.15) is 0 Å². The summed E-state index contributed by atoms with van der Waals surface area (Å²) in [7, 11) is 0. The summed E-state index contributed by atoms with van der Waals surface area (Å²) in [5.41, 5.74) is 3.81. The molecule has 4 nitrogen and oxygen atoms in total. The van der Waals surface area contributed by atoms with Gasteiger partial charge in [0.1, 0.15) is 11.5 Å². The predicted octanol–water partition coefficient (Wildman–Crippen LogP) is 11.0. The lowest BCUT2D eigenvalue weighted by Crippen LogP contribution is -2.31. The molecule has 7 aromatic carbocycles. The van der Waals surface area contributed by atoms with Gasteiger partial charge in [0.05, 0.1) is 41.8 Å². The van der Waals surface area contributed by atoms with Gasteiger partial charge < -0.3 is 4.74 Å². The molecule has 0 radical (unpaired) electrons. The molecular weight excluding hydrogens is 611 g/mol. The number of para-hydroxylation sites is 3. The van der Waals surface area contributed by atoms with E-state index in [0.29, 0.717) is 28.2 Å². The summed E-state index contributed by atoms with van der Waals surface area (Å²) in [6.45, 7) is 0. The normalized spacial score (nSPS) is 14.0. The van der Waals surface area contributed by atoms with Crippen LogP contribution >= 0.6 is 0 Å². The number of ether oxygens (including phenoxy) is 1. The number of hydrogen-bond donors (Lipinski definition) is 0. The van der Waals surface area contributed by atoms with Crippen molar-refractivity contribution >= 4 is 21.8 Å². The van der Waals surface area contributed by atoms with Gasteiger partial charge in [0.25, 0.3) is 6.33 Å². The molecule has 0 spiro atoms. The third kappa shape index (κ3) is 5.49. The number of benzene rings is 7. The molecule has 0 atom stereocenters. The Hall–Kier alpha value is -6.78. The van der Waals surface area contributed by atoms with E-state index in [-0.39, 0.29) is 27.9 Å². The minimum absolute atomic E-state index is 0.125. The Bertz CT molecular complexity index is 3070. The summed E-state index contributed by atoms with van der Waals surface area (Å²) < 4.78 is 96.0. The first-order valence-electron chi connectivity index (χ1n) is 20.9. The molecule has 0 saturated heterocycles. The van der Waals surface area contributed by atoms with E-state index < -0.39 is 60.4 Å². The predicted molar refractivity (Wildman–Crippen MR) is 202 cm³/mol. The summed E-state index contributed by atoms with van der Waals surface area (Å²) >= 11 is 0. The van der Waals surface area contributed by atoms with E-state index in [1.165, 1.54) is 0 Å². The number of nitrogens with zero attached hydrogens (tertiary/aromatic N) is 3. The van der Waals surface area contributed by atoms with E-state index in [9.17, 15) is 0 Å². The minimum atomic E-state index is -0.563. The van der Waals surface area contributed by atoms with Crippen molar-refractivity contribution in [1.82, 2.24) is 9.55 Å². The number of aromatic nitrogens is 3. The summed E-state index contributed by atoms with van der Waals surface area (Å²) in [5, 5.41) is 2.12. The average molecular weight is 652 g/mol. The lowest BCUT2D eigenvalue weighted by molar-refractivity contribution is -0.571. The van der Waals surface area contributed by atoms with Gasteiger partial charge in [-0.05, 0) is 64.0 Å². The smallest absolute Gasteiger partial charge is 0.269 e. The van der Waals surface area contributed by atoms with Gasteiger partial charge in [-0.15, -0.1) is 0 Å². The molecular formula is C46H31N3O. The van der Waals surface area contributed by atoms with Crippen LogP contribution in [-0.4, -0.2) is 9.55 Å². The van der Waals surface area contributed by atoms with Crippen LogP contribution in [0.15, 0.2) is 188 Å². The van der Waals surface area contributed by atoms with E-state index in [1.54, 1.807) is 27.3 Å². The molecule has 0 saturated carbocycles. The van der Waals surface area contributed by atoms with Crippen LogP contribution in [0.1, 0.15) is 13.7 Å². The second-order valence-electron chi connectivity index (χ2n) is 11.5. The Morgan fingerprint density at radius 2 is 1.22 bits per heavy atom. The quantitative estimate of drug-likeness (QED) is 0.127. The maximum atomic E-state index is 8.93. The Morgan fingerprint density at radius 3 is 1.98 bits per heavy atom. The molecule has 0 aliphatic rings. The molecule has 0 aliphatic heterocycles. The van der Waals surface area contributed by atoms with Gasteiger partial charge in [-0.3, -0.25) is 14.1 Å². The van der Waals surface area contributed by atoms with E-state index in [0.717, 1.165) is 22.0 Å². The highest BCUT2D eigenvalue weighted by Gasteiger charge is 2.19. The van der Waals surface area contributed by atoms with Crippen molar-refractivity contribution in [3.8, 4) is 56.4 Å². The number of fused-ring (bicyclic) bond motifs is 2. The highest BCUT2D eigenvalue weighted by molar-refractivity contribution is 5.86. The summed E-state index contributed by atoms with van der Waals surface area (Å²) in [6, 6.07) is 32.0. The molecule has 4 heteroatoms.